The highest BCUT2D eigenvalue weighted by molar-refractivity contribution is 5.75. The molecule has 0 heterocycles. The number of carbonyl (C=O) groups is 1. The van der Waals surface area contributed by atoms with Gasteiger partial charge in [-0.1, -0.05) is 18.2 Å². The average molecular weight is 264 g/mol. The largest absolute Gasteiger partial charge is 0.465 e. The molecule has 1 aromatic rings. The van der Waals surface area contributed by atoms with Gasteiger partial charge in [-0.3, -0.25) is 4.79 Å². The molecular weight excluding hydrogens is 240 g/mol. The summed E-state index contributed by atoms with van der Waals surface area (Å²) >= 11 is 0. The van der Waals surface area contributed by atoms with Gasteiger partial charge >= 0.3 is 5.97 Å². The zero-order valence-corrected chi connectivity index (χ0v) is 12.1. The molecule has 4 heteroatoms. The number of likely N-dealkylation sites (N-methyl/N-ethyl adjacent to an activating group) is 1. The van der Waals surface area contributed by atoms with Crippen LogP contribution in [0.25, 0.3) is 0 Å². The molecule has 1 N–H and O–H groups in total. The predicted octanol–water partition coefficient (Wildman–Crippen LogP) is 2.05. The third kappa shape index (κ3) is 4.91. The van der Waals surface area contributed by atoms with Crippen LogP contribution in [0.3, 0.4) is 0 Å². The summed E-state index contributed by atoms with van der Waals surface area (Å²) in [5.41, 5.74) is 1.18. The highest BCUT2D eigenvalue weighted by Gasteiger charge is 2.18. The first-order valence-electron chi connectivity index (χ1n) is 6.86. The number of ether oxygens (including phenoxy) is 1. The molecule has 0 spiro atoms. The Balaban J connectivity index is 2.55. The maximum absolute atomic E-state index is 11.7. The number of hydrogen-bond acceptors (Lipinski definition) is 4. The van der Waals surface area contributed by atoms with E-state index in [4.69, 9.17) is 4.74 Å². The van der Waals surface area contributed by atoms with E-state index in [2.05, 4.69) is 29.3 Å². The van der Waals surface area contributed by atoms with Crippen molar-refractivity contribution in [3.05, 3.63) is 30.3 Å². The summed E-state index contributed by atoms with van der Waals surface area (Å²) in [7, 11) is 1.79. The first-order valence-corrected chi connectivity index (χ1v) is 6.86. The van der Waals surface area contributed by atoms with Gasteiger partial charge in [0.15, 0.2) is 0 Å². The van der Waals surface area contributed by atoms with E-state index in [1.165, 1.54) is 5.69 Å². The lowest BCUT2D eigenvalue weighted by Gasteiger charge is -2.25. The first-order chi connectivity index (χ1) is 9.22. The summed E-state index contributed by atoms with van der Waals surface area (Å²) in [6.45, 7) is 6.11. The Labute approximate surface area is 115 Å². The Bertz CT molecular complexity index is 368. The third-order valence-electron chi connectivity index (χ3n) is 3.11. The number of nitrogens with zero attached hydrogens (tertiary/aromatic N) is 1. The van der Waals surface area contributed by atoms with Crippen LogP contribution < -0.4 is 10.2 Å². The van der Waals surface area contributed by atoms with Crippen LogP contribution in [0.1, 0.15) is 20.3 Å². The quantitative estimate of drug-likeness (QED) is 0.730. The lowest BCUT2D eigenvalue weighted by Crippen LogP contribution is -2.39. The smallest absolute Gasteiger partial charge is 0.323 e. The maximum Gasteiger partial charge on any atom is 0.323 e. The molecule has 0 radical (unpaired) electrons. The SMILES string of the molecule is CCOC(=O)C(CCN(CC)c1ccccc1)NC. The second-order valence-corrected chi connectivity index (χ2v) is 4.30. The predicted molar refractivity (Wildman–Crippen MR) is 78.4 cm³/mol. The zero-order chi connectivity index (χ0) is 14.1. The van der Waals surface area contributed by atoms with Crippen molar-refractivity contribution in [1.29, 1.82) is 0 Å². The molecule has 0 saturated carbocycles. The summed E-state index contributed by atoms with van der Waals surface area (Å²) in [5, 5.41) is 3.02. The molecule has 0 aliphatic rings. The van der Waals surface area contributed by atoms with Gasteiger partial charge < -0.3 is 15.0 Å². The van der Waals surface area contributed by atoms with Crippen molar-refractivity contribution in [1.82, 2.24) is 5.32 Å². The van der Waals surface area contributed by atoms with E-state index in [0.29, 0.717) is 6.61 Å². The molecule has 0 aliphatic carbocycles. The number of para-hydroxylation sites is 1. The van der Waals surface area contributed by atoms with Gasteiger partial charge in [0, 0.05) is 18.8 Å². The monoisotopic (exact) mass is 264 g/mol. The number of carbonyl (C=O) groups excluding carboxylic acids is 1. The molecule has 1 unspecified atom stereocenters. The number of benzene rings is 1. The number of esters is 1. The maximum atomic E-state index is 11.7. The number of rotatable bonds is 8. The molecule has 0 aliphatic heterocycles. The molecule has 0 aromatic heterocycles. The van der Waals surface area contributed by atoms with E-state index >= 15 is 0 Å². The van der Waals surface area contributed by atoms with Crippen LogP contribution >= 0.6 is 0 Å². The summed E-state index contributed by atoms with van der Waals surface area (Å²) < 4.78 is 5.05. The molecule has 1 atom stereocenters. The van der Waals surface area contributed by atoms with Crippen LogP contribution in [0.2, 0.25) is 0 Å². The van der Waals surface area contributed by atoms with Gasteiger partial charge in [0.05, 0.1) is 6.61 Å². The van der Waals surface area contributed by atoms with Crippen LogP contribution in [-0.4, -0.2) is 38.8 Å². The van der Waals surface area contributed by atoms with Gasteiger partial charge in [0.25, 0.3) is 0 Å². The molecule has 4 nitrogen and oxygen atoms in total. The Kier molecular flexibility index (Phi) is 6.97. The molecule has 19 heavy (non-hydrogen) atoms. The van der Waals surface area contributed by atoms with Crippen molar-refractivity contribution in [2.24, 2.45) is 0 Å². The van der Waals surface area contributed by atoms with E-state index in [0.717, 1.165) is 19.5 Å². The van der Waals surface area contributed by atoms with Crippen molar-refractivity contribution in [2.75, 3.05) is 31.6 Å². The topological polar surface area (TPSA) is 41.6 Å². The van der Waals surface area contributed by atoms with E-state index < -0.39 is 0 Å². The van der Waals surface area contributed by atoms with Gasteiger partial charge in [0.1, 0.15) is 6.04 Å². The second-order valence-electron chi connectivity index (χ2n) is 4.30. The lowest BCUT2D eigenvalue weighted by atomic mass is 10.2. The van der Waals surface area contributed by atoms with E-state index in [9.17, 15) is 4.79 Å². The highest BCUT2D eigenvalue weighted by atomic mass is 16.5. The molecule has 0 saturated heterocycles. The van der Waals surface area contributed by atoms with Gasteiger partial charge in [-0.15, -0.1) is 0 Å². The van der Waals surface area contributed by atoms with Crippen LogP contribution in [0, 0.1) is 0 Å². The fourth-order valence-corrected chi connectivity index (χ4v) is 2.02. The Hall–Kier alpha value is -1.55. The van der Waals surface area contributed by atoms with Gasteiger partial charge in [0.2, 0.25) is 0 Å². The lowest BCUT2D eigenvalue weighted by molar-refractivity contribution is -0.145. The standard InChI is InChI=1S/C15H24N2O2/c1-4-17(13-9-7-6-8-10-13)12-11-14(16-3)15(18)19-5-2/h6-10,14,16H,4-5,11-12H2,1-3H3. The Morgan fingerprint density at radius 3 is 2.53 bits per heavy atom. The van der Waals surface area contributed by atoms with Crippen molar-refractivity contribution in [2.45, 2.75) is 26.3 Å². The molecule has 1 rings (SSSR count). The Morgan fingerprint density at radius 2 is 2.00 bits per heavy atom. The van der Waals surface area contributed by atoms with E-state index in [1.807, 2.05) is 25.1 Å². The fourth-order valence-electron chi connectivity index (χ4n) is 2.02. The van der Waals surface area contributed by atoms with Crippen molar-refractivity contribution in [3.8, 4) is 0 Å². The Morgan fingerprint density at radius 1 is 1.32 bits per heavy atom. The van der Waals surface area contributed by atoms with Gasteiger partial charge in [-0.25, -0.2) is 0 Å². The van der Waals surface area contributed by atoms with E-state index in [-0.39, 0.29) is 12.0 Å². The number of nitrogens with one attached hydrogen (secondary N) is 1. The molecular formula is C15H24N2O2. The zero-order valence-electron chi connectivity index (χ0n) is 12.1. The third-order valence-corrected chi connectivity index (χ3v) is 3.11. The highest BCUT2D eigenvalue weighted by Crippen LogP contribution is 2.13. The van der Waals surface area contributed by atoms with Crippen LogP contribution in [0.15, 0.2) is 30.3 Å². The van der Waals surface area contributed by atoms with Crippen LogP contribution in [-0.2, 0) is 9.53 Å². The second kappa shape index (κ2) is 8.53. The number of hydrogen-bond donors (Lipinski definition) is 1. The summed E-state index contributed by atoms with van der Waals surface area (Å²) in [6.07, 6.45) is 0.734. The minimum absolute atomic E-state index is 0.172. The summed E-state index contributed by atoms with van der Waals surface area (Å²) in [4.78, 5) is 14.0. The molecule has 106 valence electrons. The summed E-state index contributed by atoms with van der Waals surface area (Å²) in [5.74, 6) is -0.172. The normalized spacial score (nSPS) is 11.9. The van der Waals surface area contributed by atoms with Crippen LogP contribution in [0.4, 0.5) is 5.69 Å². The van der Waals surface area contributed by atoms with Gasteiger partial charge in [-0.2, -0.15) is 0 Å². The van der Waals surface area contributed by atoms with Crippen molar-refractivity contribution in [3.63, 3.8) is 0 Å². The number of anilines is 1. The molecule has 0 amide bonds. The van der Waals surface area contributed by atoms with E-state index in [1.54, 1.807) is 7.05 Å². The molecule has 0 fully saturated rings. The van der Waals surface area contributed by atoms with Crippen LogP contribution in [0.5, 0.6) is 0 Å². The van der Waals surface area contributed by atoms with Crippen molar-refractivity contribution < 1.29 is 9.53 Å². The minimum atomic E-state index is -0.238. The molecule has 1 aromatic carbocycles. The van der Waals surface area contributed by atoms with Crippen molar-refractivity contribution >= 4 is 11.7 Å². The average Bonchev–Trinajstić information content (AvgIpc) is 2.45. The summed E-state index contributed by atoms with van der Waals surface area (Å²) in [6, 6.07) is 9.99. The minimum Gasteiger partial charge on any atom is -0.465 e. The first kappa shape index (κ1) is 15.5. The molecule has 0 bridgehead atoms. The fraction of sp³-hybridized carbons (Fsp3) is 0.533. The van der Waals surface area contributed by atoms with Gasteiger partial charge in [-0.05, 0) is 39.4 Å².